The van der Waals surface area contributed by atoms with Gasteiger partial charge in [-0.05, 0) is 25.1 Å². The number of likely N-dealkylation sites (tertiary alicyclic amines) is 1. The Morgan fingerprint density at radius 1 is 1.33 bits per heavy atom. The summed E-state index contributed by atoms with van der Waals surface area (Å²) in [6, 6.07) is 4.61. The van der Waals surface area contributed by atoms with Crippen molar-refractivity contribution in [2.75, 3.05) is 25.6 Å². The molecule has 3 aliphatic heterocycles. The van der Waals surface area contributed by atoms with E-state index in [1.54, 1.807) is 25.1 Å². The van der Waals surface area contributed by atoms with Crippen LogP contribution in [0.5, 0.6) is 0 Å². The number of ether oxygens (including phenoxy) is 1. The number of nitrogens with one attached hydrogen (secondary N) is 2. The van der Waals surface area contributed by atoms with Crippen LogP contribution < -0.4 is 10.6 Å². The molecule has 144 valence electrons. The summed E-state index contributed by atoms with van der Waals surface area (Å²) in [4.78, 5) is 40.4. The van der Waals surface area contributed by atoms with Gasteiger partial charge in [0.2, 0.25) is 17.7 Å². The molecule has 0 bridgehead atoms. The van der Waals surface area contributed by atoms with Crippen LogP contribution >= 0.6 is 15.9 Å². The molecule has 1 aromatic rings. The van der Waals surface area contributed by atoms with E-state index in [4.69, 9.17) is 4.74 Å². The van der Waals surface area contributed by atoms with Crippen molar-refractivity contribution in [3.05, 3.63) is 28.2 Å². The Morgan fingerprint density at radius 3 is 2.74 bits per heavy atom. The summed E-state index contributed by atoms with van der Waals surface area (Å²) in [7, 11) is 1.49. The van der Waals surface area contributed by atoms with Crippen LogP contribution in [0.4, 0.5) is 5.69 Å². The fraction of sp³-hybridized carbons (Fsp3) is 0.500. The van der Waals surface area contributed by atoms with Gasteiger partial charge in [-0.25, -0.2) is 0 Å². The number of nitrogens with zero attached hydrogens (tertiary/aromatic N) is 1. The van der Waals surface area contributed by atoms with E-state index in [1.807, 2.05) is 0 Å². The average molecular weight is 438 g/mol. The van der Waals surface area contributed by atoms with Crippen molar-refractivity contribution >= 4 is 39.3 Å². The molecule has 0 saturated carbocycles. The lowest BCUT2D eigenvalue weighted by Crippen LogP contribution is -2.55. The molecule has 3 heterocycles. The van der Waals surface area contributed by atoms with Gasteiger partial charge in [0, 0.05) is 28.9 Å². The molecule has 0 aromatic heterocycles. The lowest BCUT2D eigenvalue weighted by molar-refractivity contribution is -0.143. The van der Waals surface area contributed by atoms with Crippen molar-refractivity contribution in [1.29, 1.82) is 0 Å². The molecule has 27 heavy (non-hydrogen) atoms. The number of imide groups is 1. The first-order chi connectivity index (χ1) is 12.8. The Morgan fingerprint density at radius 2 is 2.07 bits per heavy atom. The highest BCUT2D eigenvalue weighted by Gasteiger charge is 2.71. The summed E-state index contributed by atoms with van der Waals surface area (Å²) in [5.74, 6) is -2.92. The highest BCUT2D eigenvalue weighted by molar-refractivity contribution is 9.10. The maximum Gasteiger partial charge on any atom is 0.250 e. The van der Waals surface area contributed by atoms with Crippen molar-refractivity contribution in [2.45, 2.75) is 24.6 Å². The predicted octanol–water partition coefficient (Wildman–Crippen LogP) is 0.197. The Kier molecular flexibility index (Phi) is 4.38. The van der Waals surface area contributed by atoms with Crippen LogP contribution in [-0.4, -0.2) is 60.1 Å². The van der Waals surface area contributed by atoms with E-state index in [0.29, 0.717) is 11.3 Å². The molecule has 9 heteroatoms. The van der Waals surface area contributed by atoms with E-state index in [1.165, 1.54) is 7.11 Å². The lowest BCUT2D eigenvalue weighted by Gasteiger charge is -2.30. The number of benzene rings is 1. The summed E-state index contributed by atoms with van der Waals surface area (Å²) < 4.78 is 5.76. The molecule has 1 spiro atoms. The van der Waals surface area contributed by atoms with Crippen molar-refractivity contribution in [3.63, 3.8) is 0 Å². The molecule has 0 aliphatic carbocycles. The SMILES string of the molecule is COCCN1C(=O)[C@@H]2[C@H]([C@H](C)O)N[C@@]3(C(=O)Nc4ccc(Br)cc43)[C@@H]2C1=O. The fourth-order valence-corrected chi connectivity index (χ4v) is 4.94. The third kappa shape index (κ3) is 2.42. The first-order valence-electron chi connectivity index (χ1n) is 8.74. The number of hydrogen-bond donors (Lipinski definition) is 3. The highest BCUT2D eigenvalue weighted by Crippen LogP contribution is 2.53. The van der Waals surface area contributed by atoms with Gasteiger partial charge in [0.1, 0.15) is 5.54 Å². The molecule has 2 saturated heterocycles. The Bertz CT molecular complexity index is 844. The van der Waals surface area contributed by atoms with Crippen LogP contribution in [-0.2, 0) is 24.7 Å². The second-order valence-electron chi connectivity index (χ2n) is 7.19. The van der Waals surface area contributed by atoms with Gasteiger partial charge in [-0.3, -0.25) is 24.6 Å². The number of amides is 3. The minimum absolute atomic E-state index is 0.122. The van der Waals surface area contributed by atoms with Gasteiger partial charge < -0.3 is 15.2 Å². The van der Waals surface area contributed by atoms with E-state index in [9.17, 15) is 19.5 Å². The van der Waals surface area contributed by atoms with Crippen LogP contribution in [0.2, 0.25) is 0 Å². The maximum atomic E-state index is 13.2. The van der Waals surface area contributed by atoms with Gasteiger partial charge in [-0.15, -0.1) is 0 Å². The molecule has 1 aromatic carbocycles. The van der Waals surface area contributed by atoms with Gasteiger partial charge in [0.25, 0.3) is 0 Å². The number of fused-ring (bicyclic) bond motifs is 4. The Balaban J connectivity index is 1.86. The summed E-state index contributed by atoms with van der Waals surface area (Å²) in [6.45, 7) is 1.89. The van der Waals surface area contributed by atoms with Gasteiger partial charge in [-0.1, -0.05) is 15.9 Å². The van der Waals surface area contributed by atoms with Crippen molar-refractivity contribution < 1.29 is 24.2 Å². The molecule has 3 amide bonds. The minimum atomic E-state index is -1.39. The molecule has 0 radical (unpaired) electrons. The smallest absolute Gasteiger partial charge is 0.250 e. The summed E-state index contributed by atoms with van der Waals surface area (Å²) >= 11 is 3.41. The number of hydrogen-bond acceptors (Lipinski definition) is 6. The number of anilines is 1. The number of carbonyl (C=O) groups excluding carboxylic acids is 3. The highest BCUT2D eigenvalue weighted by atomic mass is 79.9. The number of rotatable bonds is 4. The number of aliphatic hydroxyl groups is 1. The third-order valence-electron chi connectivity index (χ3n) is 5.74. The van der Waals surface area contributed by atoms with Crippen molar-refractivity contribution in [3.8, 4) is 0 Å². The van der Waals surface area contributed by atoms with E-state index in [0.717, 1.165) is 9.37 Å². The second kappa shape index (κ2) is 6.37. The summed E-state index contributed by atoms with van der Waals surface area (Å²) in [5, 5.41) is 16.3. The van der Waals surface area contributed by atoms with Crippen LogP contribution in [0.15, 0.2) is 22.7 Å². The van der Waals surface area contributed by atoms with Gasteiger partial charge in [0.05, 0.1) is 31.1 Å². The normalized spacial score (nSPS) is 32.8. The zero-order valence-electron chi connectivity index (χ0n) is 14.9. The number of halogens is 1. The number of methoxy groups -OCH3 is 1. The molecule has 0 unspecified atom stereocenters. The van der Waals surface area contributed by atoms with Gasteiger partial charge in [-0.2, -0.15) is 0 Å². The predicted molar refractivity (Wildman–Crippen MR) is 98.6 cm³/mol. The Hall–Kier alpha value is -1.81. The molecule has 2 fully saturated rings. The summed E-state index contributed by atoms with van der Waals surface area (Å²) in [6.07, 6.45) is -0.917. The standard InChI is InChI=1S/C18H20BrN3O5/c1-8(23)14-12-13(16(25)22(15(12)24)5-6-27-2)18(21-14)10-7-9(19)3-4-11(10)20-17(18)26/h3-4,7-8,12-14,21,23H,5-6H2,1-2H3,(H,20,26)/t8-,12-,13-,14-,18+/m0/s1. The van der Waals surface area contributed by atoms with Crippen LogP contribution in [0.3, 0.4) is 0 Å². The first kappa shape index (κ1) is 18.5. The number of aliphatic hydroxyl groups excluding tert-OH is 1. The second-order valence-corrected chi connectivity index (χ2v) is 8.10. The first-order valence-corrected chi connectivity index (χ1v) is 9.53. The van der Waals surface area contributed by atoms with E-state index in [2.05, 4.69) is 26.6 Å². The van der Waals surface area contributed by atoms with Crippen LogP contribution in [0.25, 0.3) is 0 Å². The lowest BCUT2D eigenvalue weighted by atomic mass is 9.76. The van der Waals surface area contributed by atoms with Gasteiger partial charge >= 0.3 is 0 Å². The number of carbonyl (C=O) groups is 3. The van der Waals surface area contributed by atoms with E-state index < -0.39 is 35.4 Å². The molecule has 3 N–H and O–H groups in total. The third-order valence-corrected chi connectivity index (χ3v) is 6.23. The van der Waals surface area contributed by atoms with Gasteiger partial charge in [0.15, 0.2) is 0 Å². The van der Waals surface area contributed by atoms with Crippen LogP contribution in [0.1, 0.15) is 12.5 Å². The van der Waals surface area contributed by atoms with E-state index >= 15 is 0 Å². The quantitative estimate of drug-likeness (QED) is 0.580. The van der Waals surface area contributed by atoms with Crippen molar-refractivity contribution in [2.24, 2.45) is 11.8 Å². The topological polar surface area (TPSA) is 108 Å². The zero-order chi connectivity index (χ0) is 19.5. The molecular formula is C18H20BrN3O5. The monoisotopic (exact) mass is 437 g/mol. The largest absolute Gasteiger partial charge is 0.392 e. The summed E-state index contributed by atoms with van der Waals surface area (Å²) in [5.41, 5.74) is -0.189. The average Bonchev–Trinajstić information content (AvgIpc) is 3.20. The molecule has 8 nitrogen and oxygen atoms in total. The fourth-order valence-electron chi connectivity index (χ4n) is 4.58. The van der Waals surface area contributed by atoms with Crippen LogP contribution in [0, 0.1) is 11.8 Å². The van der Waals surface area contributed by atoms with E-state index in [-0.39, 0.29) is 25.0 Å². The maximum absolute atomic E-state index is 13.2. The Labute approximate surface area is 164 Å². The minimum Gasteiger partial charge on any atom is -0.392 e. The molecule has 4 rings (SSSR count). The molecular weight excluding hydrogens is 418 g/mol. The van der Waals surface area contributed by atoms with Crippen molar-refractivity contribution in [1.82, 2.24) is 10.2 Å². The zero-order valence-corrected chi connectivity index (χ0v) is 16.4. The molecule has 5 atom stereocenters. The molecule has 3 aliphatic rings.